The van der Waals surface area contributed by atoms with E-state index >= 15 is 0 Å². The zero-order valence-corrected chi connectivity index (χ0v) is 19.4. The van der Waals surface area contributed by atoms with Crippen LogP contribution in [0.3, 0.4) is 0 Å². The van der Waals surface area contributed by atoms with E-state index < -0.39 is 33.6 Å². The first kappa shape index (κ1) is 27.0. The lowest BCUT2D eigenvalue weighted by Gasteiger charge is -2.24. The molecule has 0 aliphatic carbocycles. The van der Waals surface area contributed by atoms with Crippen molar-refractivity contribution in [2.75, 3.05) is 15.5 Å². The number of benzene rings is 2. The van der Waals surface area contributed by atoms with E-state index in [1.807, 2.05) is 0 Å². The van der Waals surface area contributed by atoms with Gasteiger partial charge >= 0.3 is 12.4 Å². The highest BCUT2D eigenvalue weighted by atomic mass is 32.2. The second-order valence-electron chi connectivity index (χ2n) is 7.77. The predicted molar refractivity (Wildman–Crippen MR) is 120 cm³/mol. The number of pyridine rings is 1. The van der Waals surface area contributed by atoms with E-state index in [1.54, 1.807) is 0 Å². The Morgan fingerprint density at radius 3 is 1.97 bits per heavy atom. The summed E-state index contributed by atoms with van der Waals surface area (Å²) in [6.45, 7) is -0.468. The number of amides is 1. The highest BCUT2D eigenvalue weighted by Crippen LogP contribution is 2.31. The Hall–Kier alpha value is -3.61. The first-order valence-corrected chi connectivity index (χ1v) is 12.0. The lowest BCUT2D eigenvalue weighted by molar-refractivity contribution is -0.141. The fourth-order valence-electron chi connectivity index (χ4n) is 3.29. The average Bonchev–Trinajstić information content (AvgIpc) is 2.80. The molecule has 3 aromatic rings. The van der Waals surface area contributed by atoms with E-state index in [0.717, 1.165) is 35.0 Å². The molecule has 1 aromatic heterocycles. The molecule has 0 radical (unpaired) electrons. The summed E-state index contributed by atoms with van der Waals surface area (Å²) < 4.78 is 103. The van der Waals surface area contributed by atoms with Crippen LogP contribution in [0.25, 0.3) is 0 Å². The van der Waals surface area contributed by atoms with Crippen LogP contribution < -0.4 is 9.21 Å². The lowest BCUT2D eigenvalue weighted by Crippen LogP contribution is -2.29. The molecule has 0 saturated carbocycles. The summed E-state index contributed by atoms with van der Waals surface area (Å²) in [5.41, 5.74) is -1.11. The Bertz CT molecular complexity index is 1310. The van der Waals surface area contributed by atoms with Crippen LogP contribution in [0.5, 0.6) is 0 Å². The molecule has 0 saturated heterocycles. The molecular weight excluding hydrogens is 512 g/mol. The maximum absolute atomic E-state index is 13.0. The maximum Gasteiger partial charge on any atom is 0.433 e. The van der Waals surface area contributed by atoms with E-state index in [-0.39, 0.29) is 24.3 Å². The van der Waals surface area contributed by atoms with Crippen LogP contribution in [0.4, 0.5) is 37.7 Å². The van der Waals surface area contributed by atoms with Crippen molar-refractivity contribution in [3.8, 4) is 0 Å². The fourth-order valence-corrected chi connectivity index (χ4v) is 4.18. The van der Waals surface area contributed by atoms with Gasteiger partial charge in [0, 0.05) is 11.9 Å². The molecule has 0 bridgehead atoms. The highest BCUT2D eigenvalue weighted by molar-refractivity contribution is 7.92. The number of nitrogens with zero attached hydrogens (tertiary/aromatic N) is 3. The molecule has 3 rings (SSSR count). The number of halogens is 6. The lowest BCUT2D eigenvalue weighted by atomic mass is 10.1. The predicted octanol–water partition coefficient (Wildman–Crippen LogP) is 5.25. The summed E-state index contributed by atoms with van der Waals surface area (Å²) in [6.07, 6.45) is -6.84. The number of alkyl halides is 6. The normalized spacial score (nSPS) is 12.3. The Labute approximate surface area is 202 Å². The van der Waals surface area contributed by atoms with Crippen molar-refractivity contribution < 1.29 is 39.6 Å². The number of sulfonamides is 1. The number of rotatable bonds is 8. The third-order valence-electron chi connectivity index (χ3n) is 5.05. The number of carbonyl (C=O) groups excluding carboxylic acids is 1. The van der Waals surface area contributed by atoms with Gasteiger partial charge in [-0.1, -0.05) is 18.2 Å². The van der Waals surface area contributed by atoms with Gasteiger partial charge < -0.3 is 4.90 Å². The van der Waals surface area contributed by atoms with Crippen molar-refractivity contribution >= 4 is 27.8 Å². The van der Waals surface area contributed by atoms with Gasteiger partial charge in [0.05, 0.1) is 30.6 Å². The number of anilines is 2. The molecule has 192 valence electrons. The third kappa shape index (κ3) is 6.74. The fraction of sp³-hybridized carbons (Fsp3) is 0.217. The van der Waals surface area contributed by atoms with E-state index in [1.165, 1.54) is 47.4 Å². The first-order chi connectivity index (χ1) is 16.7. The van der Waals surface area contributed by atoms with Gasteiger partial charge in [-0.25, -0.2) is 8.42 Å². The van der Waals surface area contributed by atoms with Crippen LogP contribution in [-0.4, -0.2) is 26.1 Å². The minimum Gasteiger partial charge on any atom is -0.311 e. The van der Waals surface area contributed by atoms with Crippen molar-refractivity contribution in [1.29, 1.82) is 0 Å². The van der Waals surface area contributed by atoms with E-state index in [0.29, 0.717) is 17.7 Å². The van der Waals surface area contributed by atoms with Gasteiger partial charge in [0.15, 0.2) is 0 Å². The number of carbonyl (C=O) groups is 1. The van der Waals surface area contributed by atoms with Gasteiger partial charge in [0.1, 0.15) is 5.69 Å². The minimum atomic E-state index is -4.60. The zero-order chi connectivity index (χ0) is 26.7. The van der Waals surface area contributed by atoms with Crippen LogP contribution in [0.2, 0.25) is 0 Å². The molecule has 0 spiro atoms. The van der Waals surface area contributed by atoms with E-state index in [2.05, 4.69) is 4.98 Å². The summed E-state index contributed by atoms with van der Waals surface area (Å²) in [4.78, 5) is 16.1. The monoisotopic (exact) mass is 531 g/mol. The average molecular weight is 531 g/mol. The smallest absolute Gasteiger partial charge is 0.311 e. The van der Waals surface area contributed by atoms with Gasteiger partial charge in [-0.3, -0.25) is 14.1 Å². The van der Waals surface area contributed by atoms with Crippen LogP contribution in [0, 0.1) is 0 Å². The maximum atomic E-state index is 13.0. The molecule has 6 nitrogen and oxygen atoms in total. The SMILES string of the molecule is CS(=O)(=O)N(Cc1cccc(C(F)(F)F)c1)c1ccc(N(C=O)Cc2ccc(C(F)(F)F)nc2)cc1. The van der Waals surface area contributed by atoms with Gasteiger partial charge in [-0.2, -0.15) is 26.3 Å². The topological polar surface area (TPSA) is 70.6 Å². The Kier molecular flexibility index (Phi) is 7.62. The molecule has 1 amide bonds. The van der Waals surface area contributed by atoms with Crippen LogP contribution in [0.15, 0.2) is 66.9 Å². The Morgan fingerprint density at radius 2 is 1.47 bits per heavy atom. The summed E-state index contributed by atoms with van der Waals surface area (Å²) in [7, 11) is -3.90. The molecular formula is C23H19F6N3O3S. The summed E-state index contributed by atoms with van der Waals surface area (Å²) >= 11 is 0. The Balaban J connectivity index is 1.82. The molecule has 0 atom stereocenters. The van der Waals surface area contributed by atoms with E-state index in [9.17, 15) is 39.6 Å². The summed E-state index contributed by atoms with van der Waals surface area (Å²) in [6, 6.07) is 11.8. The molecule has 1 heterocycles. The second-order valence-corrected chi connectivity index (χ2v) is 9.67. The van der Waals surface area contributed by atoms with Gasteiger partial charge in [-0.15, -0.1) is 0 Å². The van der Waals surface area contributed by atoms with Crippen molar-refractivity contribution in [3.05, 3.63) is 89.2 Å². The van der Waals surface area contributed by atoms with Crippen molar-refractivity contribution in [3.63, 3.8) is 0 Å². The molecule has 0 N–H and O–H groups in total. The van der Waals surface area contributed by atoms with Crippen molar-refractivity contribution in [1.82, 2.24) is 4.98 Å². The van der Waals surface area contributed by atoms with Gasteiger partial charge in [0.2, 0.25) is 16.4 Å². The van der Waals surface area contributed by atoms with Crippen LogP contribution >= 0.6 is 0 Å². The summed E-state index contributed by atoms with van der Waals surface area (Å²) in [5.74, 6) is 0. The first-order valence-electron chi connectivity index (χ1n) is 10.2. The second kappa shape index (κ2) is 10.2. The molecule has 0 aliphatic heterocycles. The highest BCUT2D eigenvalue weighted by Gasteiger charge is 2.32. The molecule has 13 heteroatoms. The van der Waals surface area contributed by atoms with Crippen molar-refractivity contribution in [2.24, 2.45) is 0 Å². The standard InChI is InChI=1S/C23H19F6N3O3S/c1-36(34,35)32(14-16-3-2-4-18(11-16)22(24,25)26)20-8-6-19(7-9-20)31(15-33)13-17-5-10-21(30-12-17)23(27,28)29/h2-12,15H,13-14H2,1H3. The molecule has 2 aromatic carbocycles. The molecule has 0 aliphatic rings. The van der Waals surface area contributed by atoms with Gasteiger partial charge in [0.25, 0.3) is 0 Å². The molecule has 0 fully saturated rings. The molecule has 36 heavy (non-hydrogen) atoms. The largest absolute Gasteiger partial charge is 0.433 e. The zero-order valence-electron chi connectivity index (χ0n) is 18.6. The summed E-state index contributed by atoms with van der Waals surface area (Å²) in [5, 5.41) is 0. The number of hydrogen-bond acceptors (Lipinski definition) is 4. The number of hydrogen-bond donors (Lipinski definition) is 0. The molecule has 0 unspecified atom stereocenters. The minimum absolute atomic E-state index is 0.103. The third-order valence-corrected chi connectivity index (χ3v) is 6.19. The van der Waals surface area contributed by atoms with Crippen LogP contribution in [-0.2, 0) is 40.3 Å². The quantitative estimate of drug-likeness (QED) is 0.294. The van der Waals surface area contributed by atoms with Crippen molar-refractivity contribution in [2.45, 2.75) is 25.4 Å². The Morgan fingerprint density at radius 1 is 0.833 bits per heavy atom. The van der Waals surface area contributed by atoms with Crippen LogP contribution in [0.1, 0.15) is 22.4 Å². The number of aromatic nitrogens is 1. The van der Waals surface area contributed by atoms with E-state index in [4.69, 9.17) is 0 Å². The van der Waals surface area contributed by atoms with Gasteiger partial charge in [-0.05, 0) is 53.6 Å².